The Morgan fingerprint density at radius 2 is 1.84 bits per heavy atom. The van der Waals surface area contributed by atoms with Crippen LogP contribution in [0.4, 0.5) is 0 Å². The van der Waals surface area contributed by atoms with Gasteiger partial charge in [-0.3, -0.25) is 9.13 Å². The molecule has 104 valence electrons. The van der Waals surface area contributed by atoms with Gasteiger partial charge in [-0.1, -0.05) is 19.9 Å². The van der Waals surface area contributed by atoms with Crippen LogP contribution in [0, 0.1) is 0 Å². The highest BCUT2D eigenvalue weighted by atomic mass is 16.1. The summed E-state index contributed by atoms with van der Waals surface area (Å²) in [5.74, 6) is 0. The smallest absolute Gasteiger partial charge is 0.315 e. The summed E-state index contributed by atoms with van der Waals surface area (Å²) in [5.41, 5.74) is 3.34. The normalized spacial score (nSPS) is 11.6. The molecular formula is C15H23N3O. The van der Waals surface area contributed by atoms with Crippen LogP contribution in [0.15, 0.2) is 23.0 Å². The highest BCUT2D eigenvalue weighted by Crippen LogP contribution is 2.15. The molecule has 0 bridgehead atoms. The summed E-state index contributed by atoms with van der Waals surface area (Å²) in [5, 5.41) is 3.42. The molecule has 1 aromatic carbocycles. The lowest BCUT2D eigenvalue weighted by Gasteiger charge is -2.07. The van der Waals surface area contributed by atoms with Crippen LogP contribution in [-0.4, -0.2) is 21.7 Å². The monoisotopic (exact) mass is 261 g/mol. The predicted molar refractivity (Wildman–Crippen MR) is 79.6 cm³/mol. The van der Waals surface area contributed by atoms with E-state index in [1.165, 1.54) is 5.56 Å². The summed E-state index contributed by atoms with van der Waals surface area (Å²) in [7, 11) is 3.64. The van der Waals surface area contributed by atoms with Crippen molar-refractivity contribution in [2.45, 2.75) is 32.7 Å². The number of nitrogens with one attached hydrogen (secondary N) is 1. The number of fused-ring (bicyclic) bond motifs is 1. The standard InChI is InChI=1S/C15H23N3O/c1-11(2)16-9-5-6-12-7-8-13-14(10-12)18(4)15(19)17(13)3/h7-8,10-11,16H,5-6,9H2,1-4H3. The molecule has 19 heavy (non-hydrogen) atoms. The zero-order valence-corrected chi connectivity index (χ0v) is 12.2. The number of nitrogens with zero attached hydrogens (tertiary/aromatic N) is 2. The number of rotatable bonds is 5. The Hall–Kier alpha value is -1.55. The van der Waals surface area contributed by atoms with Crippen molar-refractivity contribution in [1.82, 2.24) is 14.5 Å². The molecule has 0 aliphatic carbocycles. The minimum Gasteiger partial charge on any atom is -0.315 e. The quantitative estimate of drug-likeness (QED) is 0.834. The predicted octanol–water partition coefficient (Wildman–Crippen LogP) is 1.81. The van der Waals surface area contributed by atoms with Crippen LogP contribution >= 0.6 is 0 Å². The zero-order chi connectivity index (χ0) is 14.0. The van der Waals surface area contributed by atoms with Crippen molar-refractivity contribution in [1.29, 1.82) is 0 Å². The second-order valence-corrected chi connectivity index (χ2v) is 5.44. The number of imidazole rings is 1. The van der Waals surface area contributed by atoms with E-state index in [-0.39, 0.29) is 5.69 Å². The third kappa shape index (κ3) is 2.89. The van der Waals surface area contributed by atoms with Gasteiger partial charge in [-0.2, -0.15) is 0 Å². The van der Waals surface area contributed by atoms with Gasteiger partial charge in [0.15, 0.2) is 0 Å². The molecule has 0 amide bonds. The number of benzene rings is 1. The molecule has 0 aliphatic rings. The number of aromatic nitrogens is 2. The van der Waals surface area contributed by atoms with Gasteiger partial charge in [0.05, 0.1) is 11.0 Å². The number of hydrogen-bond acceptors (Lipinski definition) is 2. The number of hydrogen-bond donors (Lipinski definition) is 1. The molecule has 0 saturated heterocycles. The lowest BCUT2D eigenvalue weighted by atomic mass is 10.1. The summed E-state index contributed by atoms with van der Waals surface area (Å²) in [4.78, 5) is 11.9. The second kappa shape index (κ2) is 5.61. The summed E-state index contributed by atoms with van der Waals surface area (Å²) in [6.07, 6.45) is 2.16. The molecule has 4 heteroatoms. The Balaban J connectivity index is 2.14. The molecule has 0 radical (unpaired) electrons. The lowest BCUT2D eigenvalue weighted by molar-refractivity contribution is 0.570. The fourth-order valence-electron chi connectivity index (χ4n) is 2.39. The minimum atomic E-state index is 0.0358. The average molecular weight is 261 g/mol. The van der Waals surface area contributed by atoms with Gasteiger partial charge in [0.1, 0.15) is 0 Å². The first-order valence-electron chi connectivity index (χ1n) is 6.88. The number of aryl methyl sites for hydroxylation is 3. The first-order valence-corrected chi connectivity index (χ1v) is 6.88. The molecule has 0 spiro atoms. The van der Waals surface area contributed by atoms with Gasteiger partial charge in [-0.15, -0.1) is 0 Å². The van der Waals surface area contributed by atoms with E-state index >= 15 is 0 Å². The van der Waals surface area contributed by atoms with Crippen LogP contribution in [-0.2, 0) is 20.5 Å². The van der Waals surface area contributed by atoms with E-state index in [2.05, 4.69) is 31.3 Å². The van der Waals surface area contributed by atoms with E-state index in [0.29, 0.717) is 6.04 Å². The average Bonchev–Trinajstić information content (AvgIpc) is 2.60. The Kier molecular flexibility index (Phi) is 4.10. The molecule has 1 N–H and O–H groups in total. The maximum atomic E-state index is 11.9. The molecule has 0 fully saturated rings. The van der Waals surface area contributed by atoms with Crippen molar-refractivity contribution in [2.24, 2.45) is 14.1 Å². The second-order valence-electron chi connectivity index (χ2n) is 5.44. The molecule has 0 saturated carbocycles. The van der Waals surface area contributed by atoms with Crippen LogP contribution in [0.1, 0.15) is 25.8 Å². The summed E-state index contributed by atoms with van der Waals surface area (Å²) in [6.45, 7) is 5.35. The molecule has 2 aromatic rings. The lowest BCUT2D eigenvalue weighted by Crippen LogP contribution is -2.23. The first-order chi connectivity index (χ1) is 9.00. The third-order valence-electron chi connectivity index (χ3n) is 3.53. The molecule has 2 rings (SSSR count). The maximum Gasteiger partial charge on any atom is 0.328 e. The van der Waals surface area contributed by atoms with Crippen molar-refractivity contribution in [3.05, 3.63) is 34.2 Å². The fraction of sp³-hybridized carbons (Fsp3) is 0.533. The zero-order valence-electron chi connectivity index (χ0n) is 12.2. The third-order valence-corrected chi connectivity index (χ3v) is 3.53. The first kappa shape index (κ1) is 13.9. The minimum absolute atomic E-state index is 0.0358. The molecular weight excluding hydrogens is 238 g/mol. The van der Waals surface area contributed by atoms with Crippen LogP contribution in [0.2, 0.25) is 0 Å². The van der Waals surface area contributed by atoms with Crippen LogP contribution in [0.25, 0.3) is 11.0 Å². The summed E-state index contributed by atoms with van der Waals surface area (Å²) in [6, 6.07) is 6.84. The Morgan fingerprint density at radius 3 is 2.53 bits per heavy atom. The van der Waals surface area contributed by atoms with Crippen molar-refractivity contribution < 1.29 is 0 Å². The van der Waals surface area contributed by atoms with Gasteiger partial charge in [0, 0.05) is 20.1 Å². The van der Waals surface area contributed by atoms with Gasteiger partial charge >= 0.3 is 5.69 Å². The Morgan fingerprint density at radius 1 is 1.16 bits per heavy atom. The summed E-state index contributed by atoms with van der Waals surface area (Å²) < 4.78 is 3.41. The van der Waals surface area contributed by atoms with E-state index in [1.807, 2.05) is 20.2 Å². The van der Waals surface area contributed by atoms with Gasteiger partial charge < -0.3 is 5.32 Å². The molecule has 4 nitrogen and oxygen atoms in total. The van der Waals surface area contributed by atoms with E-state index in [9.17, 15) is 4.79 Å². The fourth-order valence-corrected chi connectivity index (χ4v) is 2.39. The maximum absolute atomic E-state index is 11.9. The van der Waals surface area contributed by atoms with E-state index in [1.54, 1.807) is 9.13 Å². The molecule has 0 unspecified atom stereocenters. The van der Waals surface area contributed by atoms with Gasteiger partial charge in [0.2, 0.25) is 0 Å². The highest BCUT2D eigenvalue weighted by Gasteiger charge is 2.07. The Labute approximate surface area is 114 Å². The van der Waals surface area contributed by atoms with Crippen LogP contribution in [0.3, 0.4) is 0 Å². The van der Waals surface area contributed by atoms with Gasteiger partial charge in [-0.25, -0.2) is 4.79 Å². The van der Waals surface area contributed by atoms with Crippen molar-refractivity contribution >= 4 is 11.0 Å². The van der Waals surface area contributed by atoms with E-state index in [4.69, 9.17) is 0 Å². The molecule has 0 aliphatic heterocycles. The topological polar surface area (TPSA) is 39.0 Å². The van der Waals surface area contributed by atoms with E-state index < -0.39 is 0 Å². The van der Waals surface area contributed by atoms with Crippen LogP contribution in [0.5, 0.6) is 0 Å². The van der Waals surface area contributed by atoms with Crippen molar-refractivity contribution in [3.8, 4) is 0 Å². The molecule has 1 aromatic heterocycles. The molecule has 1 heterocycles. The largest absolute Gasteiger partial charge is 0.328 e. The van der Waals surface area contributed by atoms with E-state index in [0.717, 1.165) is 30.4 Å². The molecule has 0 atom stereocenters. The van der Waals surface area contributed by atoms with Gasteiger partial charge in [0.25, 0.3) is 0 Å². The van der Waals surface area contributed by atoms with Crippen molar-refractivity contribution in [3.63, 3.8) is 0 Å². The van der Waals surface area contributed by atoms with Gasteiger partial charge in [-0.05, 0) is 37.1 Å². The SMILES string of the molecule is CC(C)NCCCc1ccc2c(c1)n(C)c(=O)n2C. The highest BCUT2D eigenvalue weighted by molar-refractivity contribution is 5.76. The van der Waals surface area contributed by atoms with Crippen LogP contribution < -0.4 is 11.0 Å². The summed E-state index contributed by atoms with van der Waals surface area (Å²) >= 11 is 0. The van der Waals surface area contributed by atoms with Crippen molar-refractivity contribution in [2.75, 3.05) is 6.54 Å². The Bertz CT molecular complexity index is 622.